The molecule has 0 spiro atoms. The molecule has 156 valence electrons. The lowest BCUT2D eigenvalue weighted by atomic mass is 9.89. The molecule has 0 atom stereocenters. The fraction of sp³-hybridized carbons (Fsp3) is 0.391. The molecule has 7 heteroatoms. The summed E-state index contributed by atoms with van der Waals surface area (Å²) in [6.07, 6.45) is 0.732. The van der Waals surface area contributed by atoms with Gasteiger partial charge in [0.05, 0.1) is 5.69 Å². The second kappa shape index (κ2) is 8.39. The maximum atomic E-state index is 12.4. The minimum Gasteiger partial charge on any atom is -0.370 e. The Morgan fingerprint density at radius 2 is 1.83 bits per heavy atom. The highest BCUT2D eigenvalue weighted by atomic mass is 19.4. The predicted molar refractivity (Wildman–Crippen MR) is 110 cm³/mol. The molecule has 1 aromatic carbocycles. The lowest BCUT2D eigenvalue weighted by Crippen LogP contribution is -2.33. The van der Waals surface area contributed by atoms with Crippen LogP contribution in [0, 0.1) is 11.3 Å². The summed E-state index contributed by atoms with van der Waals surface area (Å²) in [5.41, 5.74) is 3.90. The Morgan fingerprint density at radius 3 is 2.50 bits per heavy atom. The van der Waals surface area contributed by atoms with Gasteiger partial charge in [0.2, 0.25) is 0 Å². The van der Waals surface area contributed by atoms with Crippen LogP contribution in [0.4, 0.5) is 18.9 Å². The summed E-state index contributed by atoms with van der Waals surface area (Å²) in [6, 6.07) is 14.6. The normalized spacial score (nSPS) is 15.5. The van der Waals surface area contributed by atoms with Crippen molar-refractivity contribution in [2.24, 2.45) is 0 Å². The molecule has 0 bridgehead atoms. The van der Waals surface area contributed by atoms with Crippen LogP contribution >= 0.6 is 0 Å². The molecule has 2 aromatic heterocycles. The lowest BCUT2D eigenvalue weighted by Gasteiger charge is -2.34. The molecule has 4 rings (SSSR count). The molecule has 0 N–H and O–H groups in total. The third kappa shape index (κ3) is 4.28. The van der Waals surface area contributed by atoms with E-state index in [1.54, 1.807) is 10.6 Å². The third-order valence-corrected chi connectivity index (χ3v) is 5.85. The van der Waals surface area contributed by atoms with E-state index in [1.807, 2.05) is 18.3 Å². The summed E-state index contributed by atoms with van der Waals surface area (Å²) in [4.78, 5) is 6.57. The van der Waals surface area contributed by atoms with Crippen LogP contribution in [0.1, 0.15) is 48.4 Å². The number of halogens is 3. The molecule has 3 aromatic rings. The van der Waals surface area contributed by atoms with Gasteiger partial charge in [0.15, 0.2) is 5.65 Å². The smallest absolute Gasteiger partial charge is 0.370 e. The lowest BCUT2D eigenvalue weighted by molar-refractivity contribution is -0.135. The Hall–Kier alpha value is -3.01. The number of benzene rings is 1. The average Bonchev–Trinajstić information content (AvgIpc) is 3.16. The van der Waals surface area contributed by atoms with Crippen LogP contribution in [0.5, 0.6) is 0 Å². The van der Waals surface area contributed by atoms with E-state index in [-0.39, 0.29) is 12.8 Å². The van der Waals surface area contributed by atoms with Crippen molar-refractivity contribution in [1.82, 2.24) is 9.38 Å². The number of aromatic nitrogens is 2. The van der Waals surface area contributed by atoms with Gasteiger partial charge < -0.3 is 9.30 Å². The number of aryl methyl sites for hydroxylation is 1. The largest absolute Gasteiger partial charge is 0.389 e. The van der Waals surface area contributed by atoms with E-state index in [0.717, 1.165) is 31.6 Å². The monoisotopic (exact) mass is 412 g/mol. The fourth-order valence-electron chi connectivity index (χ4n) is 4.30. The van der Waals surface area contributed by atoms with Gasteiger partial charge in [-0.15, -0.1) is 0 Å². The zero-order valence-corrected chi connectivity index (χ0v) is 16.6. The van der Waals surface area contributed by atoms with Crippen LogP contribution in [-0.4, -0.2) is 28.7 Å². The van der Waals surface area contributed by atoms with Gasteiger partial charge >= 0.3 is 6.18 Å². The van der Waals surface area contributed by atoms with Gasteiger partial charge in [-0.1, -0.05) is 30.3 Å². The van der Waals surface area contributed by atoms with Crippen molar-refractivity contribution >= 4 is 11.3 Å². The van der Waals surface area contributed by atoms with E-state index >= 15 is 0 Å². The molecule has 0 radical (unpaired) electrons. The Morgan fingerprint density at radius 1 is 1.10 bits per heavy atom. The first-order valence-corrected chi connectivity index (χ1v) is 10.2. The molecule has 1 aliphatic rings. The SMILES string of the molecule is N#Cc1c(N2CCC(c3ccccc3)CC2)ccn2c(CCCC(F)(F)F)cnc12. The molecule has 0 saturated carbocycles. The molecule has 0 aliphatic carbocycles. The minimum atomic E-state index is -4.16. The standard InChI is InChI=1S/C23H23F3N4/c24-23(25,26)11-4-7-19-16-28-22-20(15-27)21(10-14-30(19)22)29-12-8-18(9-13-29)17-5-2-1-3-6-17/h1-3,5-6,10,14,16,18H,4,7-9,11-13H2. The van der Waals surface area contributed by atoms with Crippen LogP contribution in [0.3, 0.4) is 0 Å². The first-order chi connectivity index (χ1) is 14.5. The van der Waals surface area contributed by atoms with Gasteiger partial charge in [-0.3, -0.25) is 0 Å². The molecule has 4 nitrogen and oxygen atoms in total. The Balaban J connectivity index is 1.51. The molecule has 3 heterocycles. The van der Waals surface area contributed by atoms with Crippen LogP contribution < -0.4 is 4.90 Å². The Labute approximate surface area is 173 Å². The molecule has 0 unspecified atom stereocenters. The van der Waals surface area contributed by atoms with Gasteiger partial charge in [0.25, 0.3) is 0 Å². The topological polar surface area (TPSA) is 44.3 Å². The second-order valence-corrected chi connectivity index (χ2v) is 7.77. The number of hydrogen-bond acceptors (Lipinski definition) is 3. The number of hydrogen-bond donors (Lipinski definition) is 0. The van der Waals surface area contributed by atoms with E-state index in [2.05, 4.69) is 40.2 Å². The molecule has 1 aliphatic heterocycles. The van der Waals surface area contributed by atoms with Crippen molar-refractivity contribution in [2.75, 3.05) is 18.0 Å². The molecule has 0 amide bonds. The molecular formula is C23H23F3N4. The number of piperidine rings is 1. The van der Waals surface area contributed by atoms with Crippen LogP contribution in [0.2, 0.25) is 0 Å². The van der Waals surface area contributed by atoms with E-state index in [4.69, 9.17) is 0 Å². The van der Waals surface area contributed by atoms with E-state index in [9.17, 15) is 18.4 Å². The number of anilines is 1. The number of rotatable bonds is 5. The zero-order chi connectivity index (χ0) is 21.1. The second-order valence-electron chi connectivity index (χ2n) is 7.77. The van der Waals surface area contributed by atoms with Crippen molar-refractivity contribution in [3.63, 3.8) is 0 Å². The maximum absolute atomic E-state index is 12.4. The summed E-state index contributed by atoms with van der Waals surface area (Å²) in [5.74, 6) is 0.517. The van der Waals surface area contributed by atoms with Crippen molar-refractivity contribution < 1.29 is 13.2 Å². The van der Waals surface area contributed by atoms with Crippen molar-refractivity contribution in [1.29, 1.82) is 5.26 Å². The number of alkyl halides is 3. The average molecular weight is 412 g/mol. The van der Waals surface area contributed by atoms with Gasteiger partial charge in [0.1, 0.15) is 11.6 Å². The summed E-state index contributed by atoms with van der Waals surface area (Å²) in [6.45, 7) is 1.70. The quantitative estimate of drug-likeness (QED) is 0.558. The fourth-order valence-corrected chi connectivity index (χ4v) is 4.30. The first-order valence-electron chi connectivity index (χ1n) is 10.2. The van der Waals surface area contributed by atoms with Crippen molar-refractivity contribution in [3.8, 4) is 6.07 Å². The highest BCUT2D eigenvalue weighted by molar-refractivity contribution is 5.71. The van der Waals surface area contributed by atoms with E-state index in [0.29, 0.717) is 22.8 Å². The number of fused-ring (bicyclic) bond motifs is 1. The number of pyridine rings is 1. The van der Waals surface area contributed by atoms with Gasteiger partial charge in [-0.25, -0.2) is 4.98 Å². The van der Waals surface area contributed by atoms with Crippen LogP contribution in [0.25, 0.3) is 5.65 Å². The third-order valence-electron chi connectivity index (χ3n) is 5.85. The van der Waals surface area contributed by atoms with Crippen LogP contribution in [-0.2, 0) is 6.42 Å². The van der Waals surface area contributed by atoms with Gasteiger partial charge in [-0.05, 0) is 43.2 Å². The predicted octanol–water partition coefficient (Wildman–Crippen LogP) is 5.47. The summed E-state index contributed by atoms with van der Waals surface area (Å²) < 4.78 is 39.1. The molecule has 30 heavy (non-hydrogen) atoms. The first kappa shape index (κ1) is 20.3. The summed E-state index contributed by atoms with van der Waals surface area (Å²) in [5, 5.41) is 9.79. The van der Waals surface area contributed by atoms with Gasteiger partial charge in [-0.2, -0.15) is 18.4 Å². The van der Waals surface area contributed by atoms with E-state index in [1.165, 1.54) is 5.56 Å². The van der Waals surface area contributed by atoms with Crippen molar-refractivity contribution in [2.45, 2.75) is 44.2 Å². The van der Waals surface area contributed by atoms with Gasteiger partial charge in [0, 0.05) is 37.6 Å². The number of nitrogens with zero attached hydrogens (tertiary/aromatic N) is 4. The Kier molecular flexibility index (Phi) is 5.67. The van der Waals surface area contributed by atoms with E-state index < -0.39 is 12.6 Å². The Bertz CT molecular complexity index is 1040. The molecule has 1 fully saturated rings. The molecule has 1 saturated heterocycles. The maximum Gasteiger partial charge on any atom is 0.389 e. The highest BCUT2D eigenvalue weighted by Crippen LogP contribution is 2.33. The highest BCUT2D eigenvalue weighted by Gasteiger charge is 2.27. The summed E-state index contributed by atoms with van der Waals surface area (Å²) in [7, 11) is 0. The minimum absolute atomic E-state index is 0.00787. The molecular weight excluding hydrogens is 389 g/mol. The number of imidazole rings is 1. The zero-order valence-electron chi connectivity index (χ0n) is 16.6. The van der Waals surface area contributed by atoms with Crippen molar-refractivity contribution in [3.05, 3.63) is 65.6 Å². The van der Waals surface area contributed by atoms with Crippen LogP contribution in [0.15, 0.2) is 48.8 Å². The number of nitriles is 1. The summed E-state index contributed by atoms with van der Waals surface area (Å²) >= 11 is 0.